The third kappa shape index (κ3) is 3.03. The number of aromatic nitrogens is 2. The van der Waals surface area contributed by atoms with Gasteiger partial charge in [0.15, 0.2) is 5.78 Å². The number of benzene rings is 1. The highest BCUT2D eigenvalue weighted by Crippen LogP contribution is 2.33. The highest BCUT2D eigenvalue weighted by molar-refractivity contribution is 6.45. The molecule has 0 saturated heterocycles. The zero-order valence-electron chi connectivity index (χ0n) is 13.2. The summed E-state index contributed by atoms with van der Waals surface area (Å²) in [6.07, 6.45) is 5.09. The zero-order valence-corrected chi connectivity index (χ0v) is 14.7. The van der Waals surface area contributed by atoms with Gasteiger partial charge in [0.05, 0.1) is 10.0 Å². The first-order valence-electron chi connectivity index (χ1n) is 7.28. The van der Waals surface area contributed by atoms with Gasteiger partial charge in [-0.15, -0.1) is 0 Å². The van der Waals surface area contributed by atoms with Gasteiger partial charge in [-0.05, 0) is 18.2 Å². The molecular weight excluding hydrogens is 345 g/mol. The number of hydrogen-bond donors (Lipinski definition) is 1. The molecule has 0 aliphatic rings. The van der Waals surface area contributed by atoms with Crippen molar-refractivity contribution in [3.8, 4) is 0 Å². The molecule has 3 rings (SSSR count). The maximum atomic E-state index is 13.2. The van der Waals surface area contributed by atoms with Gasteiger partial charge in [0.25, 0.3) is 0 Å². The van der Waals surface area contributed by atoms with Crippen molar-refractivity contribution in [2.24, 2.45) is 0 Å². The molecule has 122 valence electrons. The molecule has 0 bridgehead atoms. The molecule has 6 heteroatoms. The van der Waals surface area contributed by atoms with E-state index in [0.29, 0.717) is 32.4 Å². The number of H-pyrrole nitrogens is 1. The quantitative estimate of drug-likeness (QED) is 0.544. The lowest BCUT2D eigenvalue weighted by molar-refractivity contribution is 0.105. The van der Waals surface area contributed by atoms with Crippen LogP contribution >= 0.6 is 23.2 Å². The lowest BCUT2D eigenvalue weighted by Crippen LogP contribution is -2.09. The van der Waals surface area contributed by atoms with E-state index in [9.17, 15) is 4.79 Å². The molecule has 0 saturated carbocycles. The van der Waals surface area contributed by atoms with Crippen LogP contribution in [0.4, 0.5) is 0 Å². The number of Topliss-reactive ketones (excluding diaryl/α,β-unsaturated/α-hetero) is 1. The third-order valence-corrected chi connectivity index (χ3v) is 4.39. The second-order valence-electron chi connectivity index (χ2n) is 5.54. The Morgan fingerprint density at radius 3 is 2.71 bits per heavy atom. The van der Waals surface area contributed by atoms with Crippen molar-refractivity contribution in [2.45, 2.75) is 0 Å². The first kappa shape index (κ1) is 16.6. The number of nitrogens with zero attached hydrogens (tertiary/aromatic N) is 2. The van der Waals surface area contributed by atoms with Crippen molar-refractivity contribution in [3.05, 3.63) is 70.1 Å². The summed E-state index contributed by atoms with van der Waals surface area (Å²) in [4.78, 5) is 22.2. The minimum Gasteiger partial charge on any atom is -0.383 e. The normalized spacial score (nSPS) is 11.8. The van der Waals surface area contributed by atoms with E-state index in [1.165, 1.54) is 0 Å². The average molecular weight is 360 g/mol. The number of carbonyl (C=O) groups is 1. The molecule has 4 nitrogen and oxygen atoms in total. The molecule has 1 aromatic carbocycles. The maximum absolute atomic E-state index is 13.2. The Bertz CT molecular complexity index is 944. The summed E-state index contributed by atoms with van der Waals surface area (Å²) >= 11 is 12.5. The van der Waals surface area contributed by atoms with E-state index in [-0.39, 0.29) is 5.78 Å². The highest BCUT2D eigenvalue weighted by atomic mass is 35.5. The average Bonchev–Trinajstić information content (AvgIpc) is 2.99. The van der Waals surface area contributed by atoms with Crippen molar-refractivity contribution in [1.82, 2.24) is 14.9 Å². The molecule has 24 heavy (non-hydrogen) atoms. The maximum Gasteiger partial charge on any atom is 0.197 e. The van der Waals surface area contributed by atoms with Gasteiger partial charge in [0.2, 0.25) is 0 Å². The highest BCUT2D eigenvalue weighted by Gasteiger charge is 2.21. The number of allylic oxidation sites excluding steroid dienone is 1. The monoisotopic (exact) mass is 359 g/mol. The number of nitrogens with one attached hydrogen (secondary N) is 1. The van der Waals surface area contributed by atoms with Gasteiger partial charge in [0.1, 0.15) is 5.65 Å². The van der Waals surface area contributed by atoms with E-state index in [0.717, 1.165) is 5.39 Å². The topological polar surface area (TPSA) is 49.0 Å². The van der Waals surface area contributed by atoms with Crippen LogP contribution in [0, 0.1) is 0 Å². The minimum absolute atomic E-state index is 0.146. The summed E-state index contributed by atoms with van der Waals surface area (Å²) in [5.74, 6) is -0.146. The molecule has 0 aliphatic carbocycles. The minimum atomic E-state index is -0.146. The zero-order chi connectivity index (χ0) is 17.3. The van der Waals surface area contributed by atoms with Gasteiger partial charge in [-0.3, -0.25) is 4.79 Å². The standard InChI is InChI=1S/C18H15Cl2N3O/c1-23(2)10-14(11-5-3-7-15(19)16(11)20)17(24)13-9-22-18-12(13)6-4-8-21-18/h3-10H,1-2H3,(H,21,22). The smallest absolute Gasteiger partial charge is 0.197 e. The van der Waals surface area contributed by atoms with Crippen LogP contribution in [0.15, 0.2) is 48.9 Å². The van der Waals surface area contributed by atoms with E-state index in [1.807, 2.05) is 20.2 Å². The largest absolute Gasteiger partial charge is 0.383 e. The van der Waals surface area contributed by atoms with Gasteiger partial charge in [0, 0.05) is 54.8 Å². The second-order valence-corrected chi connectivity index (χ2v) is 6.32. The lowest BCUT2D eigenvalue weighted by Gasteiger charge is -2.13. The molecule has 0 spiro atoms. The molecule has 0 aliphatic heterocycles. The van der Waals surface area contributed by atoms with Crippen LogP contribution in [0.1, 0.15) is 15.9 Å². The first-order chi connectivity index (χ1) is 11.5. The van der Waals surface area contributed by atoms with Crippen molar-refractivity contribution < 1.29 is 4.79 Å². The fourth-order valence-electron chi connectivity index (χ4n) is 2.51. The number of carbonyl (C=O) groups excluding carboxylic acids is 1. The Labute approximate surface area is 149 Å². The molecule has 0 fully saturated rings. The molecular formula is C18H15Cl2N3O. The third-order valence-electron chi connectivity index (χ3n) is 3.57. The second kappa shape index (κ2) is 6.67. The molecule has 0 atom stereocenters. The van der Waals surface area contributed by atoms with Gasteiger partial charge < -0.3 is 9.88 Å². The molecule has 0 amide bonds. The van der Waals surface area contributed by atoms with Crippen LogP contribution in [0.2, 0.25) is 10.0 Å². The van der Waals surface area contributed by atoms with E-state index < -0.39 is 0 Å². The molecule has 3 aromatic rings. The summed E-state index contributed by atoms with van der Waals surface area (Å²) < 4.78 is 0. The fourth-order valence-corrected chi connectivity index (χ4v) is 2.91. The fraction of sp³-hybridized carbons (Fsp3) is 0.111. The first-order valence-corrected chi connectivity index (χ1v) is 8.04. The molecule has 2 aromatic heterocycles. The van der Waals surface area contributed by atoms with E-state index >= 15 is 0 Å². The summed E-state index contributed by atoms with van der Waals surface area (Å²) in [5.41, 5.74) is 2.28. The summed E-state index contributed by atoms with van der Waals surface area (Å²) in [6.45, 7) is 0. The van der Waals surface area contributed by atoms with Crippen LogP contribution in [-0.4, -0.2) is 34.7 Å². The lowest BCUT2D eigenvalue weighted by atomic mass is 9.97. The summed E-state index contributed by atoms with van der Waals surface area (Å²) in [5, 5.41) is 1.54. The van der Waals surface area contributed by atoms with Gasteiger partial charge in [-0.1, -0.05) is 35.3 Å². The van der Waals surface area contributed by atoms with Gasteiger partial charge in [-0.2, -0.15) is 0 Å². The van der Waals surface area contributed by atoms with Crippen LogP contribution in [-0.2, 0) is 0 Å². The van der Waals surface area contributed by atoms with E-state index in [4.69, 9.17) is 23.2 Å². The van der Waals surface area contributed by atoms with Gasteiger partial charge >= 0.3 is 0 Å². The molecule has 2 heterocycles. The van der Waals surface area contributed by atoms with Crippen molar-refractivity contribution in [3.63, 3.8) is 0 Å². The van der Waals surface area contributed by atoms with E-state index in [1.54, 1.807) is 47.8 Å². The Hall–Kier alpha value is -2.30. The summed E-state index contributed by atoms with van der Waals surface area (Å²) in [6, 6.07) is 8.92. The van der Waals surface area contributed by atoms with Crippen LogP contribution in [0.5, 0.6) is 0 Å². The SMILES string of the molecule is CN(C)C=C(C(=O)c1c[nH]c2ncccc12)c1cccc(Cl)c1Cl. The molecule has 0 unspecified atom stereocenters. The Balaban J connectivity index is 2.17. The van der Waals surface area contributed by atoms with Crippen molar-refractivity contribution >= 4 is 45.6 Å². The van der Waals surface area contributed by atoms with Crippen molar-refractivity contribution in [1.29, 1.82) is 0 Å². The number of rotatable bonds is 4. The predicted octanol–water partition coefficient (Wildman–Crippen LogP) is 4.66. The Morgan fingerprint density at radius 2 is 1.96 bits per heavy atom. The number of pyridine rings is 1. The number of ketones is 1. The van der Waals surface area contributed by atoms with E-state index in [2.05, 4.69) is 9.97 Å². The van der Waals surface area contributed by atoms with Crippen LogP contribution in [0.25, 0.3) is 16.6 Å². The molecule has 0 radical (unpaired) electrons. The number of fused-ring (bicyclic) bond motifs is 1. The number of aromatic amines is 1. The van der Waals surface area contributed by atoms with Crippen LogP contribution < -0.4 is 0 Å². The van der Waals surface area contributed by atoms with Crippen LogP contribution in [0.3, 0.4) is 0 Å². The summed E-state index contributed by atoms with van der Waals surface area (Å²) in [7, 11) is 3.70. The molecule has 1 N–H and O–H groups in total. The number of hydrogen-bond acceptors (Lipinski definition) is 3. The Morgan fingerprint density at radius 1 is 1.17 bits per heavy atom. The number of halogens is 2. The Kier molecular flexibility index (Phi) is 4.60. The van der Waals surface area contributed by atoms with Gasteiger partial charge in [-0.25, -0.2) is 4.98 Å². The predicted molar refractivity (Wildman–Crippen MR) is 98.6 cm³/mol. The van der Waals surface area contributed by atoms with Crippen molar-refractivity contribution in [2.75, 3.05) is 14.1 Å².